The molecule has 0 aliphatic carbocycles. The summed E-state index contributed by atoms with van der Waals surface area (Å²) in [6.07, 6.45) is 0. The molecule has 2 heterocycles. The van der Waals surface area contributed by atoms with Gasteiger partial charge in [-0.1, -0.05) is 11.2 Å². The van der Waals surface area contributed by atoms with Crippen molar-refractivity contribution in [2.24, 2.45) is 0 Å². The molecular weight excluding hydrogens is 351 g/mol. The third-order valence-electron chi connectivity index (χ3n) is 4.39. The lowest BCUT2D eigenvalue weighted by molar-refractivity contribution is 0.159. The molecule has 27 heavy (non-hydrogen) atoms. The maximum absolute atomic E-state index is 13.2. The third-order valence-corrected chi connectivity index (χ3v) is 4.39. The Morgan fingerprint density at radius 3 is 2.74 bits per heavy atom. The van der Waals surface area contributed by atoms with E-state index >= 15 is 0 Å². The van der Waals surface area contributed by atoms with Gasteiger partial charge < -0.3 is 19.5 Å². The van der Waals surface area contributed by atoms with Crippen LogP contribution in [0.3, 0.4) is 0 Å². The van der Waals surface area contributed by atoms with Crippen molar-refractivity contribution < 1.29 is 18.4 Å². The highest BCUT2D eigenvalue weighted by Gasteiger charge is 2.35. The molecule has 2 aromatic carbocycles. The lowest BCUT2D eigenvalue weighted by Crippen LogP contribution is -2.50. The fourth-order valence-electron chi connectivity index (χ4n) is 2.83. The van der Waals surface area contributed by atoms with Gasteiger partial charge >= 0.3 is 6.03 Å². The topological polar surface area (TPSA) is 80.5 Å². The molecule has 0 atom stereocenters. The number of halogens is 1. The van der Waals surface area contributed by atoms with Gasteiger partial charge in [0.15, 0.2) is 5.82 Å². The molecule has 1 aromatic heterocycles. The Balaban J connectivity index is 1.35. The minimum Gasteiger partial charge on any atom is -0.497 e. The standard InChI is InChI=1S/C19H17FN4O3/c1-26-16-7-5-12(6-8-16)18-22-17(23-27-18)13-10-24(11-13)19(25)21-15-4-2-3-14(20)9-15/h2-9,13H,10-11H2,1H3,(H,21,25). The number of nitrogens with zero attached hydrogens (tertiary/aromatic N) is 3. The van der Waals surface area contributed by atoms with Crippen molar-refractivity contribution in [1.82, 2.24) is 15.0 Å². The number of hydrogen-bond donors (Lipinski definition) is 1. The summed E-state index contributed by atoms with van der Waals surface area (Å²) in [5.74, 6) is 1.36. The number of ether oxygens (including phenoxy) is 1. The van der Waals surface area contributed by atoms with Crippen LogP contribution in [0.1, 0.15) is 11.7 Å². The van der Waals surface area contributed by atoms with Gasteiger partial charge in [0.25, 0.3) is 5.89 Å². The van der Waals surface area contributed by atoms with E-state index in [1.54, 1.807) is 24.1 Å². The first-order chi connectivity index (χ1) is 13.1. The number of nitrogens with one attached hydrogen (secondary N) is 1. The molecule has 0 unspecified atom stereocenters. The summed E-state index contributed by atoms with van der Waals surface area (Å²) >= 11 is 0. The normalized spacial score (nSPS) is 13.9. The number of amides is 2. The summed E-state index contributed by atoms with van der Waals surface area (Å²) in [6, 6.07) is 12.8. The average Bonchev–Trinajstić information content (AvgIpc) is 3.10. The van der Waals surface area contributed by atoms with Gasteiger partial charge in [0, 0.05) is 24.3 Å². The summed E-state index contributed by atoms with van der Waals surface area (Å²) in [5.41, 5.74) is 1.22. The van der Waals surface area contributed by atoms with Crippen molar-refractivity contribution in [3.05, 3.63) is 60.2 Å². The Kier molecular flexibility index (Phi) is 4.45. The molecule has 1 saturated heterocycles. The molecule has 1 fully saturated rings. The number of hydrogen-bond acceptors (Lipinski definition) is 5. The summed E-state index contributed by atoms with van der Waals surface area (Å²) in [7, 11) is 1.60. The molecule has 1 aliphatic rings. The summed E-state index contributed by atoms with van der Waals surface area (Å²) in [5, 5.41) is 6.69. The quantitative estimate of drug-likeness (QED) is 0.762. The van der Waals surface area contributed by atoms with Crippen LogP contribution in [0.4, 0.5) is 14.9 Å². The van der Waals surface area contributed by atoms with E-state index in [-0.39, 0.29) is 11.9 Å². The zero-order valence-electron chi connectivity index (χ0n) is 14.6. The number of methoxy groups -OCH3 is 1. The molecule has 4 rings (SSSR count). The number of aromatic nitrogens is 2. The lowest BCUT2D eigenvalue weighted by atomic mass is 10.00. The predicted octanol–water partition coefficient (Wildman–Crippen LogP) is 3.52. The highest BCUT2D eigenvalue weighted by atomic mass is 19.1. The second-order valence-corrected chi connectivity index (χ2v) is 6.23. The van der Waals surface area contributed by atoms with Crippen molar-refractivity contribution in [3.63, 3.8) is 0 Å². The van der Waals surface area contributed by atoms with Gasteiger partial charge in [-0.2, -0.15) is 4.98 Å². The molecule has 0 radical (unpaired) electrons. The Labute approximate surface area is 154 Å². The summed E-state index contributed by atoms with van der Waals surface area (Å²) < 4.78 is 23.6. The van der Waals surface area contributed by atoms with E-state index in [0.717, 1.165) is 11.3 Å². The minimum absolute atomic E-state index is 0.0130. The third kappa shape index (κ3) is 3.59. The molecular formula is C19H17FN4O3. The molecule has 7 nitrogen and oxygen atoms in total. The number of rotatable bonds is 4. The van der Waals surface area contributed by atoms with Gasteiger partial charge in [-0.05, 0) is 42.5 Å². The highest BCUT2D eigenvalue weighted by Crippen LogP contribution is 2.28. The van der Waals surface area contributed by atoms with Crippen LogP contribution < -0.4 is 10.1 Å². The molecule has 2 amide bonds. The molecule has 0 bridgehead atoms. The molecule has 1 N–H and O–H groups in total. The molecule has 0 spiro atoms. The van der Waals surface area contributed by atoms with Crippen LogP contribution in [-0.2, 0) is 0 Å². The van der Waals surface area contributed by atoms with E-state index in [0.29, 0.717) is 30.5 Å². The monoisotopic (exact) mass is 368 g/mol. The fraction of sp³-hybridized carbons (Fsp3) is 0.211. The van der Waals surface area contributed by atoms with Crippen molar-refractivity contribution >= 4 is 11.7 Å². The zero-order chi connectivity index (χ0) is 18.8. The molecule has 1 aliphatic heterocycles. The van der Waals surface area contributed by atoms with E-state index in [4.69, 9.17) is 9.26 Å². The van der Waals surface area contributed by atoms with Gasteiger partial charge in [-0.25, -0.2) is 9.18 Å². The van der Waals surface area contributed by atoms with Crippen molar-refractivity contribution in [2.75, 3.05) is 25.5 Å². The van der Waals surface area contributed by atoms with Gasteiger partial charge in [-0.15, -0.1) is 0 Å². The van der Waals surface area contributed by atoms with Gasteiger partial charge in [0.05, 0.1) is 13.0 Å². The average molecular weight is 368 g/mol. The van der Waals surface area contributed by atoms with E-state index < -0.39 is 5.82 Å². The molecule has 3 aromatic rings. The molecule has 138 valence electrons. The van der Waals surface area contributed by atoms with E-state index in [1.807, 2.05) is 24.3 Å². The number of anilines is 1. The number of urea groups is 1. The number of benzene rings is 2. The summed E-state index contributed by atoms with van der Waals surface area (Å²) in [4.78, 5) is 18.2. The largest absolute Gasteiger partial charge is 0.497 e. The van der Waals surface area contributed by atoms with Gasteiger partial charge in [-0.3, -0.25) is 0 Å². The summed E-state index contributed by atoms with van der Waals surface area (Å²) in [6.45, 7) is 0.950. The lowest BCUT2D eigenvalue weighted by Gasteiger charge is -2.37. The highest BCUT2D eigenvalue weighted by molar-refractivity contribution is 5.89. The van der Waals surface area contributed by atoms with Gasteiger partial charge in [0.2, 0.25) is 0 Å². The first kappa shape index (κ1) is 17.0. The smallest absolute Gasteiger partial charge is 0.321 e. The van der Waals surface area contributed by atoms with E-state index in [2.05, 4.69) is 15.5 Å². The second kappa shape index (κ2) is 7.06. The molecule has 0 saturated carbocycles. The van der Waals surface area contributed by atoms with E-state index in [1.165, 1.54) is 12.1 Å². The number of carbonyl (C=O) groups excluding carboxylic acids is 1. The Morgan fingerprint density at radius 2 is 2.04 bits per heavy atom. The maximum Gasteiger partial charge on any atom is 0.321 e. The number of likely N-dealkylation sites (tertiary alicyclic amines) is 1. The maximum atomic E-state index is 13.2. The van der Waals surface area contributed by atoms with Crippen molar-refractivity contribution in [2.45, 2.75) is 5.92 Å². The van der Waals surface area contributed by atoms with Crippen LogP contribution in [0.25, 0.3) is 11.5 Å². The second-order valence-electron chi connectivity index (χ2n) is 6.23. The Morgan fingerprint density at radius 1 is 1.26 bits per heavy atom. The number of carbonyl (C=O) groups is 1. The van der Waals surface area contributed by atoms with E-state index in [9.17, 15) is 9.18 Å². The minimum atomic E-state index is -0.396. The van der Waals surface area contributed by atoms with Crippen LogP contribution in [0.2, 0.25) is 0 Å². The van der Waals surface area contributed by atoms with Crippen LogP contribution >= 0.6 is 0 Å². The van der Waals surface area contributed by atoms with Crippen LogP contribution in [0.15, 0.2) is 53.1 Å². The van der Waals surface area contributed by atoms with Gasteiger partial charge in [0.1, 0.15) is 11.6 Å². The first-order valence-corrected chi connectivity index (χ1v) is 8.42. The Hall–Kier alpha value is -3.42. The Bertz CT molecular complexity index is 952. The molecule has 8 heteroatoms. The van der Waals surface area contributed by atoms with Crippen LogP contribution in [0.5, 0.6) is 5.75 Å². The first-order valence-electron chi connectivity index (χ1n) is 8.42. The van der Waals surface area contributed by atoms with Crippen molar-refractivity contribution in [1.29, 1.82) is 0 Å². The SMILES string of the molecule is COc1ccc(-c2nc(C3CN(C(=O)Nc4cccc(F)c4)C3)no2)cc1. The van der Waals surface area contributed by atoms with Crippen LogP contribution in [-0.4, -0.2) is 41.3 Å². The fourth-order valence-corrected chi connectivity index (χ4v) is 2.83. The van der Waals surface area contributed by atoms with Crippen molar-refractivity contribution in [3.8, 4) is 17.2 Å². The predicted molar refractivity (Wildman–Crippen MR) is 96.0 cm³/mol. The van der Waals surface area contributed by atoms with Crippen LogP contribution in [0, 0.1) is 5.82 Å². The zero-order valence-corrected chi connectivity index (χ0v) is 14.6.